The molecule has 1 heterocycles. The molecule has 0 unspecified atom stereocenters. The minimum absolute atomic E-state index is 0.606. The molecule has 2 rings (SSSR count). The molecule has 2 heteroatoms. The third-order valence-electron chi connectivity index (χ3n) is 2.66. The fourth-order valence-corrected chi connectivity index (χ4v) is 2.35. The number of rotatable bonds is 4. The van der Waals surface area contributed by atoms with Crippen molar-refractivity contribution in [3.8, 4) is 11.3 Å². The number of hydrogen-bond donors (Lipinski definition) is 0. The molecule has 0 aliphatic carbocycles. The second-order valence-electron chi connectivity index (χ2n) is 3.99. The maximum atomic E-state index is 4.63. The molecule has 0 saturated heterocycles. The lowest BCUT2D eigenvalue weighted by Gasteiger charge is -2.03. The highest BCUT2D eigenvalue weighted by molar-refractivity contribution is 7.10. The Kier molecular flexibility index (Phi) is 3.73. The molecular formula is C14H16NS. The topological polar surface area (TPSA) is 12.9 Å². The van der Waals surface area contributed by atoms with Gasteiger partial charge in [-0.05, 0) is 5.92 Å². The predicted octanol–water partition coefficient (Wildman–Crippen LogP) is 4.41. The van der Waals surface area contributed by atoms with Gasteiger partial charge in [0, 0.05) is 17.4 Å². The smallest absolute Gasteiger partial charge is 0.0973 e. The molecule has 2 aromatic rings. The van der Waals surface area contributed by atoms with Crippen LogP contribution in [0, 0.1) is 12.3 Å². The van der Waals surface area contributed by atoms with Gasteiger partial charge in [-0.1, -0.05) is 50.6 Å². The van der Waals surface area contributed by atoms with E-state index in [-0.39, 0.29) is 0 Å². The summed E-state index contributed by atoms with van der Waals surface area (Å²) >= 11 is 1.72. The summed E-state index contributed by atoms with van der Waals surface area (Å²) in [6.45, 7) is 4.43. The fourth-order valence-electron chi connectivity index (χ4n) is 1.47. The van der Waals surface area contributed by atoms with E-state index in [1.807, 2.05) is 18.2 Å². The van der Waals surface area contributed by atoms with E-state index < -0.39 is 0 Å². The number of nitrogens with zero attached hydrogens (tertiary/aromatic N) is 1. The van der Waals surface area contributed by atoms with Crippen molar-refractivity contribution in [2.75, 3.05) is 0 Å². The zero-order valence-corrected chi connectivity index (χ0v) is 10.5. The van der Waals surface area contributed by atoms with Gasteiger partial charge in [0.15, 0.2) is 0 Å². The average Bonchev–Trinajstić information content (AvgIpc) is 2.78. The van der Waals surface area contributed by atoms with Gasteiger partial charge < -0.3 is 0 Å². The molecule has 0 N–H and O–H groups in total. The first-order valence-electron chi connectivity index (χ1n) is 5.65. The molecule has 16 heavy (non-hydrogen) atoms. The van der Waals surface area contributed by atoms with Crippen LogP contribution in [0.15, 0.2) is 35.7 Å². The molecule has 0 aliphatic heterocycles. The average molecular weight is 230 g/mol. The standard InChI is InChI=1S/C14H16NS/c1-3-11(2)9-14-15-13(10-16-14)12-7-5-4-6-8-12/h4-11H,3H2,1-2H3/t11-/m1/s1. The minimum Gasteiger partial charge on any atom is -0.241 e. The van der Waals surface area contributed by atoms with Crippen LogP contribution in [0.1, 0.15) is 25.3 Å². The first kappa shape index (κ1) is 11.3. The molecule has 1 nitrogen and oxygen atoms in total. The van der Waals surface area contributed by atoms with Gasteiger partial charge in [-0.15, -0.1) is 11.3 Å². The van der Waals surface area contributed by atoms with E-state index in [0.717, 1.165) is 10.7 Å². The van der Waals surface area contributed by atoms with Crippen molar-refractivity contribution in [2.24, 2.45) is 5.92 Å². The number of benzene rings is 1. The van der Waals surface area contributed by atoms with E-state index in [9.17, 15) is 0 Å². The van der Waals surface area contributed by atoms with Crippen molar-refractivity contribution in [1.82, 2.24) is 4.98 Å². The zero-order valence-electron chi connectivity index (χ0n) is 9.68. The van der Waals surface area contributed by atoms with Crippen LogP contribution in [0.2, 0.25) is 0 Å². The van der Waals surface area contributed by atoms with Crippen molar-refractivity contribution < 1.29 is 0 Å². The highest BCUT2D eigenvalue weighted by atomic mass is 32.1. The first-order chi connectivity index (χ1) is 7.79. The first-order valence-corrected chi connectivity index (χ1v) is 6.53. The summed E-state index contributed by atoms with van der Waals surface area (Å²) in [4.78, 5) is 4.63. The third kappa shape index (κ3) is 2.70. The Morgan fingerprint density at radius 3 is 2.75 bits per heavy atom. The Bertz CT molecular complexity index is 433. The summed E-state index contributed by atoms with van der Waals surface area (Å²) in [5, 5.41) is 3.26. The van der Waals surface area contributed by atoms with Crippen molar-refractivity contribution in [2.45, 2.75) is 20.3 Å². The third-order valence-corrected chi connectivity index (χ3v) is 3.47. The molecule has 0 aliphatic rings. The molecule has 0 spiro atoms. The summed E-state index contributed by atoms with van der Waals surface area (Å²) in [5.41, 5.74) is 2.28. The van der Waals surface area contributed by atoms with Gasteiger partial charge in [0.25, 0.3) is 0 Å². The minimum atomic E-state index is 0.606. The summed E-state index contributed by atoms with van der Waals surface area (Å²) < 4.78 is 0. The summed E-state index contributed by atoms with van der Waals surface area (Å²) in [7, 11) is 0. The van der Waals surface area contributed by atoms with E-state index >= 15 is 0 Å². The van der Waals surface area contributed by atoms with Crippen molar-refractivity contribution in [3.05, 3.63) is 47.1 Å². The highest BCUT2D eigenvalue weighted by Crippen LogP contribution is 2.24. The van der Waals surface area contributed by atoms with Gasteiger partial charge in [-0.25, -0.2) is 4.98 Å². The summed E-state index contributed by atoms with van der Waals surface area (Å²) in [5.74, 6) is 0.606. The van der Waals surface area contributed by atoms with E-state index in [1.54, 1.807) is 11.3 Å². The van der Waals surface area contributed by atoms with Gasteiger partial charge >= 0.3 is 0 Å². The lowest BCUT2D eigenvalue weighted by atomic mass is 10.1. The quantitative estimate of drug-likeness (QED) is 0.758. The second kappa shape index (κ2) is 5.26. The van der Waals surface area contributed by atoms with Gasteiger partial charge in [0.1, 0.15) is 0 Å². The Morgan fingerprint density at radius 2 is 2.06 bits per heavy atom. The maximum Gasteiger partial charge on any atom is 0.0973 e. The zero-order chi connectivity index (χ0) is 11.4. The second-order valence-corrected chi connectivity index (χ2v) is 4.88. The fraction of sp³-hybridized carbons (Fsp3) is 0.286. The molecule has 1 atom stereocenters. The van der Waals surface area contributed by atoms with Gasteiger partial charge in [0.05, 0.1) is 10.7 Å². The molecule has 0 fully saturated rings. The molecule has 0 amide bonds. The van der Waals surface area contributed by atoms with Crippen LogP contribution in [0.4, 0.5) is 0 Å². The lowest BCUT2D eigenvalue weighted by Crippen LogP contribution is -1.93. The number of thiazole rings is 1. The summed E-state index contributed by atoms with van der Waals surface area (Å²) in [6.07, 6.45) is 3.41. The van der Waals surface area contributed by atoms with Crippen LogP contribution < -0.4 is 0 Å². The van der Waals surface area contributed by atoms with E-state index in [4.69, 9.17) is 0 Å². The van der Waals surface area contributed by atoms with Gasteiger partial charge in [0.2, 0.25) is 0 Å². The van der Waals surface area contributed by atoms with E-state index in [0.29, 0.717) is 5.92 Å². The van der Waals surface area contributed by atoms with Crippen LogP contribution in [0.25, 0.3) is 11.3 Å². The van der Waals surface area contributed by atoms with Crippen molar-refractivity contribution in [1.29, 1.82) is 0 Å². The molecule has 1 aromatic heterocycles. The highest BCUT2D eigenvalue weighted by Gasteiger charge is 2.07. The molecule has 0 saturated carbocycles. The Balaban J connectivity index is 2.14. The normalized spacial score (nSPS) is 12.6. The Labute approximate surface area is 101 Å². The molecule has 0 bridgehead atoms. The van der Waals surface area contributed by atoms with Crippen LogP contribution in [0.5, 0.6) is 0 Å². The SMILES string of the molecule is CC[C@@H](C)[CH]c1nc(-c2ccccc2)cs1. The van der Waals surface area contributed by atoms with Crippen LogP contribution in [-0.2, 0) is 0 Å². The largest absolute Gasteiger partial charge is 0.241 e. The Hall–Kier alpha value is -1.15. The van der Waals surface area contributed by atoms with Crippen LogP contribution in [-0.4, -0.2) is 4.98 Å². The lowest BCUT2D eigenvalue weighted by molar-refractivity contribution is 0.658. The predicted molar refractivity (Wildman–Crippen MR) is 70.4 cm³/mol. The molecule has 83 valence electrons. The number of hydrogen-bond acceptors (Lipinski definition) is 2. The van der Waals surface area contributed by atoms with Gasteiger partial charge in [-0.3, -0.25) is 0 Å². The van der Waals surface area contributed by atoms with Crippen LogP contribution >= 0.6 is 11.3 Å². The van der Waals surface area contributed by atoms with E-state index in [1.165, 1.54) is 12.0 Å². The molecular weight excluding hydrogens is 214 g/mol. The molecule has 1 aromatic carbocycles. The summed E-state index contributed by atoms with van der Waals surface area (Å²) in [6, 6.07) is 10.3. The van der Waals surface area contributed by atoms with Crippen molar-refractivity contribution >= 4 is 11.3 Å². The number of aromatic nitrogens is 1. The van der Waals surface area contributed by atoms with Crippen molar-refractivity contribution in [3.63, 3.8) is 0 Å². The van der Waals surface area contributed by atoms with E-state index in [2.05, 4.69) is 42.8 Å². The monoisotopic (exact) mass is 230 g/mol. The maximum absolute atomic E-state index is 4.63. The van der Waals surface area contributed by atoms with Gasteiger partial charge in [-0.2, -0.15) is 0 Å². The molecule has 1 radical (unpaired) electrons. The van der Waals surface area contributed by atoms with Crippen LogP contribution in [0.3, 0.4) is 0 Å². The Morgan fingerprint density at radius 1 is 1.31 bits per heavy atom.